The van der Waals surface area contributed by atoms with Crippen LogP contribution in [0.3, 0.4) is 0 Å². The van der Waals surface area contributed by atoms with Crippen LogP contribution in [0.5, 0.6) is 0 Å². The Hall–Kier alpha value is -2.78. The van der Waals surface area contributed by atoms with Gasteiger partial charge < -0.3 is 31.5 Å². The van der Waals surface area contributed by atoms with E-state index in [0.29, 0.717) is 0 Å². The van der Waals surface area contributed by atoms with Gasteiger partial charge in [0.1, 0.15) is 5.60 Å². The molecule has 0 aromatic rings. The lowest BCUT2D eigenvalue weighted by Gasteiger charge is -2.26. The third-order valence-corrected chi connectivity index (χ3v) is 2.62. The highest BCUT2D eigenvalue weighted by Crippen LogP contribution is 2.09. The molecule has 12 heteroatoms. The van der Waals surface area contributed by atoms with Crippen LogP contribution in [-0.2, 0) is 14.3 Å². The molecule has 50 heavy (non-hydrogen) atoms. The van der Waals surface area contributed by atoms with E-state index in [0.717, 1.165) is 0 Å². The first kappa shape index (κ1) is 65.6. The minimum Gasteiger partial charge on any atom is -0.444 e. The Morgan fingerprint density at radius 2 is 0.740 bits per heavy atom. The third-order valence-electron chi connectivity index (χ3n) is 2.62. The molecule has 6 N–H and O–H groups in total. The van der Waals surface area contributed by atoms with E-state index in [9.17, 15) is 19.2 Å². The maximum atomic E-state index is 11.3. The first-order valence-corrected chi connectivity index (χ1v) is 16.1. The van der Waals surface area contributed by atoms with Crippen LogP contribution in [0, 0.1) is 0 Å². The Balaban J connectivity index is -0.0000000725. The van der Waals surface area contributed by atoms with Gasteiger partial charge in [-0.05, 0) is 166 Å². The highest BCUT2D eigenvalue weighted by molar-refractivity contribution is 5.75. The molecule has 0 rings (SSSR count). The normalized spacial score (nSPS) is 11.2. The number of urea groups is 1. The van der Waals surface area contributed by atoms with E-state index in [1.54, 1.807) is 20.8 Å². The molecule has 0 aliphatic carbocycles. The summed E-state index contributed by atoms with van der Waals surface area (Å²) in [4.78, 5) is 48.4. The number of isocyanates is 2. The molecule has 0 aromatic heterocycles. The highest BCUT2D eigenvalue weighted by Gasteiger charge is 2.20. The van der Waals surface area contributed by atoms with E-state index in [1.165, 1.54) is 12.2 Å². The minimum atomic E-state index is -0.500. The van der Waals surface area contributed by atoms with Crippen LogP contribution in [0.1, 0.15) is 181 Å². The summed E-state index contributed by atoms with van der Waals surface area (Å²) in [6.07, 6.45) is 2.60. The molecule has 12 nitrogen and oxygen atoms in total. The van der Waals surface area contributed by atoms with Gasteiger partial charge in [0.05, 0.1) is 16.7 Å². The van der Waals surface area contributed by atoms with Crippen molar-refractivity contribution in [3.05, 3.63) is 0 Å². The number of ether oxygens (including phenoxy) is 1. The van der Waals surface area contributed by atoms with Crippen molar-refractivity contribution in [1.82, 2.24) is 16.0 Å². The Kier molecular flexibility index (Phi) is 35.3. The number of alkyl carbamates (subject to hydrolysis) is 1. The SMILES string of the molecule is C.C.CC(C)(C)N.CC(C)(C)N=C=O.CC(C)(C)N=C=O.CC(C)(C)NC(=O)NC(C)(C)C.CC(C)(C)NC(=O)OC(C)(C)C.CC(C)(C)O. The monoisotopic (exact) mass is 723 g/mol. The molecule has 0 saturated heterocycles. The van der Waals surface area contributed by atoms with E-state index >= 15 is 0 Å². The molecule has 0 atom stereocenters. The lowest BCUT2D eigenvalue weighted by molar-refractivity contribution is 0.0480. The molecule has 0 fully saturated rings. The summed E-state index contributed by atoms with van der Waals surface area (Å²) in [7, 11) is 0. The maximum absolute atomic E-state index is 11.3. The van der Waals surface area contributed by atoms with Crippen molar-refractivity contribution in [2.24, 2.45) is 15.7 Å². The molecule has 0 bridgehead atoms. The lowest BCUT2D eigenvalue weighted by atomic mass is 10.1. The zero-order chi connectivity index (χ0) is 40.8. The number of carbonyl (C=O) groups excluding carboxylic acids is 4. The van der Waals surface area contributed by atoms with Crippen molar-refractivity contribution >= 4 is 24.3 Å². The first-order chi connectivity index (χ1) is 20.3. The molecule has 304 valence electrons. The highest BCUT2D eigenvalue weighted by atomic mass is 16.6. The summed E-state index contributed by atoms with van der Waals surface area (Å²) in [5.41, 5.74) is 3.36. The summed E-state index contributed by atoms with van der Waals surface area (Å²) >= 11 is 0. The molecule has 0 saturated carbocycles. The Morgan fingerprint density at radius 1 is 0.540 bits per heavy atom. The van der Waals surface area contributed by atoms with Crippen LogP contribution in [0.15, 0.2) is 9.98 Å². The van der Waals surface area contributed by atoms with Crippen LogP contribution < -0.4 is 21.7 Å². The fourth-order valence-electron chi connectivity index (χ4n) is 1.60. The molecule has 0 unspecified atom stereocenters. The molecular weight excluding hydrogens is 636 g/mol. The summed E-state index contributed by atoms with van der Waals surface area (Å²) < 4.78 is 5.06. The van der Waals surface area contributed by atoms with Gasteiger partial charge in [-0.15, -0.1) is 0 Å². The smallest absolute Gasteiger partial charge is 0.408 e. The zero-order valence-electron chi connectivity index (χ0n) is 35.5. The van der Waals surface area contributed by atoms with Gasteiger partial charge in [0.2, 0.25) is 12.2 Å². The number of hydrogen-bond donors (Lipinski definition) is 5. The van der Waals surface area contributed by atoms with Gasteiger partial charge in [-0.25, -0.2) is 29.2 Å². The average Bonchev–Trinajstić information content (AvgIpc) is 2.58. The molecule has 0 aliphatic heterocycles. The van der Waals surface area contributed by atoms with Gasteiger partial charge >= 0.3 is 12.1 Å². The zero-order valence-corrected chi connectivity index (χ0v) is 35.5. The number of hydrogen-bond acceptors (Lipinski definition) is 9. The summed E-state index contributed by atoms with van der Waals surface area (Å²) in [6.45, 7) is 45.2. The van der Waals surface area contributed by atoms with Crippen molar-refractivity contribution in [3.63, 3.8) is 0 Å². The van der Waals surface area contributed by atoms with Gasteiger partial charge in [0.15, 0.2) is 0 Å². The lowest BCUT2D eigenvalue weighted by Crippen LogP contribution is -2.52. The predicted octanol–water partition coefficient (Wildman–Crippen LogP) is 9.23. The first-order valence-electron chi connectivity index (χ1n) is 16.1. The topological polar surface area (TPSA) is 185 Å². The predicted molar refractivity (Wildman–Crippen MR) is 215 cm³/mol. The Bertz CT molecular complexity index is 831. The number of nitrogens with two attached hydrogens (primary N) is 1. The van der Waals surface area contributed by atoms with E-state index in [1.807, 2.05) is 145 Å². The molecule has 0 radical (unpaired) electrons. The number of aliphatic imine (C=N–C) groups is 2. The molecule has 3 amide bonds. The second-order valence-corrected chi connectivity index (χ2v) is 19.2. The fourth-order valence-corrected chi connectivity index (χ4v) is 1.60. The average molecular weight is 723 g/mol. The van der Waals surface area contributed by atoms with Crippen molar-refractivity contribution in [3.8, 4) is 0 Å². The van der Waals surface area contributed by atoms with Gasteiger partial charge in [0, 0.05) is 22.2 Å². The van der Waals surface area contributed by atoms with E-state index < -0.39 is 11.2 Å². The molecular formula is C38H86N6O6. The van der Waals surface area contributed by atoms with E-state index in [2.05, 4.69) is 25.9 Å². The summed E-state index contributed by atoms with van der Waals surface area (Å²) in [5, 5.41) is 16.9. The largest absolute Gasteiger partial charge is 0.444 e. The second kappa shape index (κ2) is 26.9. The van der Waals surface area contributed by atoms with Crippen LogP contribution in [0.2, 0.25) is 0 Å². The van der Waals surface area contributed by atoms with Crippen LogP contribution in [-0.4, -0.2) is 73.8 Å². The molecule has 0 heterocycles. The Morgan fingerprint density at radius 3 is 0.840 bits per heavy atom. The van der Waals surface area contributed by atoms with E-state index in [-0.39, 0.29) is 60.2 Å². The fraction of sp³-hybridized carbons (Fsp3) is 0.895. The third kappa shape index (κ3) is 139. The molecule has 0 aromatic carbocycles. The van der Waals surface area contributed by atoms with Crippen molar-refractivity contribution in [2.45, 2.75) is 225 Å². The number of rotatable bonds is 0. The minimum absolute atomic E-state index is 0. The number of aliphatic hydroxyl groups is 1. The number of amides is 3. The number of nitrogens with zero attached hydrogens (tertiary/aromatic N) is 2. The quantitative estimate of drug-likeness (QED) is 0.122. The van der Waals surface area contributed by atoms with Crippen molar-refractivity contribution in [2.75, 3.05) is 0 Å². The molecule has 0 spiro atoms. The van der Waals surface area contributed by atoms with E-state index in [4.69, 9.17) is 15.6 Å². The number of nitrogens with one attached hydrogen (secondary N) is 3. The second-order valence-electron chi connectivity index (χ2n) is 19.2. The van der Waals surface area contributed by atoms with Gasteiger partial charge in [-0.2, -0.15) is 0 Å². The van der Waals surface area contributed by atoms with Gasteiger partial charge in [-0.1, -0.05) is 14.9 Å². The van der Waals surface area contributed by atoms with Crippen LogP contribution in [0.4, 0.5) is 9.59 Å². The van der Waals surface area contributed by atoms with Gasteiger partial charge in [0.25, 0.3) is 0 Å². The van der Waals surface area contributed by atoms with Crippen molar-refractivity contribution in [1.29, 1.82) is 0 Å². The summed E-state index contributed by atoms with van der Waals surface area (Å²) in [6, 6.07) is -0.116. The standard InChI is InChI=1S/C9H20N2O.C9H19NO2.2C5H9NO.C4H11N.C4H10O.2CH4/c1-8(2,3)10-7(12)11-9(4,5)6;1-8(2,3)10-7(11)12-9(4,5)6;2*1-5(2,3)6-4-7;2*1-4(2,3)5;;/h1-6H3,(H2,10,11,12);1-6H3,(H,10,11);2*1-3H3;5H2,1-3H3;5H,1-3H3;2*1H4. The molecule has 0 aliphatic rings. The van der Waals surface area contributed by atoms with Crippen LogP contribution >= 0.6 is 0 Å². The van der Waals surface area contributed by atoms with Crippen molar-refractivity contribution < 1.29 is 29.0 Å². The van der Waals surface area contributed by atoms with Gasteiger partial charge in [-0.3, -0.25) is 0 Å². The maximum Gasteiger partial charge on any atom is 0.408 e. The Labute approximate surface area is 310 Å². The summed E-state index contributed by atoms with van der Waals surface area (Å²) in [5.74, 6) is 0. The number of carbonyl (C=O) groups is 2. The van der Waals surface area contributed by atoms with Crippen LogP contribution in [0.25, 0.3) is 0 Å².